The number of carbonyl (C=O) groups is 1. The minimum atomic E-state index is -3.23. The van der Waals surface area contributed by atoms with Crippen LogP contribution in [0.2, 0.25) is 0 Å². The van der Waals surface area contributed by atoms with Gasteiger partial charge in [0.15, 0.2) is 0 Å². The molecule has 0 aliphatic heterocycles. The fourth-order valence-corrected chi connectivity index (χ4v) is 4.57. The molecule has 40 heavy (non-hydrogen) atoms. The summed E-state index contributed by atoms with van der Waals surface area (Å²) < 4.78 is 59.8. The van der Waals surface area contributed by atoms with Crippen molar-refractivity contribution in [2.45, 2.75) is 31.7 Å². The molecule has 13 heteroatoms. The molecule has 0 unspecified atom stereocenters. The molecular formula is C27H28F3N5O5. The molecule has 5 rings (SSSR count). The summed E-state index contributed by atoms with van der Waals surface area (Å²) in [6.45, 7) is -3.08. The van der Waals surface area contributed by atoms with E-state index in [-0.39, 0.29) is 30.9 Å². The van der Waals surface area contributed by atoms with Gasteiger partial charge < -0.3 is 24.6 Å². The van der Waals surface area contributed by atoms with Crippen LogP contribution in [0, 0.1) is 0 Å². The maximum Gasteiger partial charge on any atom is 0.387 e. The van der Waals surface area contributed by atoms with Crippen LogP contribution in [-0.4, -0.2) is 69.7 Å². The Labute approximate surface area is 227 Å². The Bertz CT molecular complexity index is 1550. The van der Waals surface area contributed by atoms with Crippen molar-refractivity contribution in [3.8, 4) is 39.6 Å². The first-order chi connectivity index (χ1) is 19.2. The first-order valence-corrected chi connectivity index (χ1v) is 12.6. The fourth-order valence-electron chi connectivity index (χ4n) is 4.57. The molecule has 0 spiro atoms. The summed E-state index contributed by atoms with van der Waals surface area (Å²) in [5.74, 6) is -0.797. The lowest BCUT2D eigenvalue weighted by atomic mass is 10.0. The Kier molecular flexibility index (Phi) is 7.57. The summed E-state index contributed by atoms with van der Waals surface area (Å²) in [6.07, 6.45) is 2.91. The second-order valence-corrected chi connectivity index (χ2v) is 9.43. The molecule has 2 aromatic carbocycles. The standard InChI is InChI=1S/C27H28F3N5O5/c1-34-13-16(12-31-34)14-7-19-23(21(8-14)39-6-4-5-36)25(35(2)33-19)15-9-20(38-3)24(22(10-15)40-27(29)30)26(37)32-18-11-17(18)28/h7-10,12-13,17-18,27,36H,4-6,11H2,1-3H3,(H,32,37)/t17-,18+/m0/s1. The van der Waals surface area contributed by atoms with Gasteiger partial charge in [-0.25, -0.2) is 4.39 Å². The number of aryl methyl sites for hydroxylation is 2. The van der Waals surface area contributed by atoms with Crippen LogP contribution >= 0.6 is 0 Å². The molecule has 10 nitrogen and oxygen atoms in total. The van der Waals surface area contributed by atoms with Crippen molar-refractivity contribution in [3.63, 3.8) is 0 Å². The van der Waals surface area contributed by atoms with Gasteiger partial charge in [0.25, 0.3) is 5.91 Å². The van der Waals surface area contributed by atoms with E-state index in [0.29, 0.717) is 34.3 Å². The number of nitrogens with one attached hydrogen (secondary N) is 1. The van der Waals surface area contributed by atoms with Crippen molar-refractivity contribution in [2.75, 3.05) is 20.3 Å². The Morgan fingerprint density at radius 3 is 2.50 bits per heavy atom. The van der Waals surface area contributed by atoms with Crippen molar-refractivity contribution in [3.05, 3.63) is 42.2 Å². The Morgan fingerprint density at radius 2 is 1.88 bits per heavy atom. The Hall–Kier alpha value is -4.26. The first-order valence-electron chi connectivity index (χ1n) is 12.6. The summed E-state index contributed by atoms with van der Waals surface area (Å²) in [5.41, 5.74) is 2.77. The second kappa shape index (κ2) is 11.1. The zero-order valence-corrected chi connectivity index (χ0v) is 22.0. The summed E-state index contributed by atoms with van der Waals surface area (Å²) in [6, 6.07) is 5.79. The molecule has 2 atom stereocenters. The molecule has 0 radical (unpaired) electrons. The number of benzene rings is 2. The molecule has 1 aliphatic carbocycles. The molecule has 1 saturated carbocycles. The van der Waals surface area contributed by atoms with Gasteiger partial charge >= 0.3 is 6.61 Å². The number of alkyl halides is 3. The van der Waals surface area contributed by atoms with Crippen LogP contribution in [0.25, 0.3) is 33.3 Å². The number of aromatic nitrogens is 4. The molecule has 2 heterocycles. The van der Waals surface area contributed by atoms with Gasteiger partial charge in [-0.1, -0.05) is 0 Å². The molecule has 2 N–H and O–H groups in total. The minimum absolute atomic E-state index is 0.0363. The van der Waals surface area contributed by atoms with E-state index in [1.165, 1.54) is 19.2 Å². The second-order valence-electron chi connectivity index (χ2n) is 9.43. The predicted octanol–water partition coefficient (Wildman–Crippen LogP) is 3.85. The molecule has 4 aromatic rings. The lowest BCUT2D eigenvalue weighted by Crippen LogP contribution is -2.28. The third-order valence-corrected chi connectivity index (χ3v) is 6.53. The van der Waals surface area contributed by atoms with E-state index >= 15 is 0 Å². The molecule has 1 amide bonds. The van der Waals surface area contributed by atoms with Crippen LogP contribution < -0.4 is 19.5 Å². The van der Waals surface area contributed by atoms with Crippen LogP contribution in [-0.2, 0) is 14.1 Å². The van der Waals surface area contributed by atoms with E-state index in [1.54, 1.807) is 29.7 Å². The largest absolute Gasteiger partial charge is 0.496 e. The summed E-state index contributed by atoms with van der Waals surface area (Å²) in [5, 5.41) is 21.2. The highest BCUT2D eigenvalue weighted by Gasteiger charge is 2.40. The van der Waals surface area contributed by atoms with Crippen LogP contribution in [0.5, 0.6) is 17.2 Å². The van der Waals surface area contributed by atoms with Crippen LogP contribution in [0.1, 0.15) is 23.2 Å². The number of ether oxygens (including phenoxy) is 3. The van der Waals surface area contributed by atoms with E-state index < -0.39 is 30.5 Å². The number of carbonyl (C=O) groups excluding carboxylic acids is 1. The first kappa shape index (κ1) is 27.3. The zero-order valence-electron chi connectivity index (χ0n) is 22.0. The summed E-state index contributed by atoms with van der Waals surface area (Å²) >= 11 is 0. The number of amides is 1. The maximum absolute atomic E-state index is 13.5. The van der Waals surface area contributed by atoms with Gasteiger partial charge in [0.05, 0.1) is 42.6 Å². The number of hydrogen-bond acceptors (Lipinski definition) is 7. The minimum Gasteiger partial charge on any atom is -0.496 e. The zero-order chi connectivity index (χ0) is 28.6. The van der Waals surface area contributed by atoms with Gasteiger partial charge in [-0.2, -0.15) is 19.0 Å². The number of aliphatic hydroxyl groups excluding tert-OH is 1. The topological polar surface area (TPSA) is 113 Å². The predicted molar refractivity (Wildman–Crippen MR) is 140 cm³/mol. The molecular weight excluding hydrogens is 531 g/mol. The van der Waals surface area contributed by atoms with E-state index in [9.17, 15) is 23.1 Å². The molecule has 212 valence electrons. The van der Waals surface area contributed by atoms with Crippen molar-refractivity contribution in [1.82, 2.24) is 24.9 Å². The fraction of sp³-hybridized carbons (Fsp3) is 0.370. The number of halogens is 3. The molecule has 2 aromatic heterocycles. The number of rotatable bonds is 11. The van der Waals surface area contributed by atoms with Crippen LogP contribution in [0.4, 0.5) is 13.2 Å². The monoisotopic (exact) mass is 559 g/mol. The maximum atomic E-state index is 13.5. The van der Waals surface area contributed by atoms with E-state index in [4.69, 9.17) is 14.2 Å². The number of methoxy groups -OCH3 is 1. The Balaban J connectivity index is 1.67. The normalized spacial score (nSPS) is 16.4. The SMILES string of the molecule is COc1cc(-c2c3c(OCCCO)cc(-c4cnn(C)c4)cc3nn2C)cc(OC(F)F)c1C(=O)N[C@@H]1C[C@@H]1F. The van der Waals surface area contributed by atoms with E-state index in [2.05, 4.69) is 15.5 Å². The van der Waals surface area contributed by atoms with E-state index in [1.807, 2.05) is 18.3 Å². The van der Waals surface area contributed by atoms with E-state index in [0.717, 1.165) is 11.1 Å². The van der Waals surface area contributed by atoms with Gasteiger partial charge in [0, 0.05) is 50.9 Å². The van der Waals surface area contributed by atoms with Crippen molar-refractivity contribution >= 4 is 16.8 Å². The average molecular weight is 560 g/mol. The lowest BCUT2D eigenvalue weighted by molar-refractivity contribution is -0.0502. The highest BCUT2D eigenvalue weighted by atomic mass is 19.3. The van der Waals surface area contributed by atoms with Gasteiger partial charge in [-0.05, 0) is 29.8 Å². The van der Waals surface area contributed by atoms with Gasteiger partial charge in [0.1, 0.15) is 29.0 Å². The summed E-state index contributed by atoms with van der Waals surface area (Å²) in [4.78, 5) is 12.9. The number of fused-ring (bicyclic) bond motifs is 1. The highest BCUT2D eigenvalue weighted by Crippen LogP contribution is 2.43. The molecule has 0 bridgehead atoms. The van der Waals surface area contributed by atoms with Crippen molar-refractivity contribution < 1.29 is 37.3 Å². The lowest BCUT2D eigenvalue weighted by Gasteiger charge is -2.17. The highest BCUT2D eigenvalue weighted by molar-refractivity contribution is 6.04. The summed E-state index contributed by atoms with van der Waals surface area (Å²) in [7, 11) is 4.78. The number of nitrogens with zero attached hydrogens (tertiary/aromatic N) is 4. The average Bonchev–Trinajstić information content (AvgIpc) is 3.26. The Morgan fingerprint density at radius 1 is 1.15 bits per heavy atom. The third-order valence-electron chi connectivity index (χ3n) is 6.53. The molecule has 1 fully saturated rings. The molecule has 1 aliphatic rings. The molecule has 0 saturated heterocycles. The van der Waals surface area contributed by atoms with Crippen LogP contribution in [0.15, 0.2) is 36.7 Å². The smallest absolute Gasteiger partial charge is 0.387 e. The van der Waals surface area contributed by atoms with Crippen LogP contribution in [0.3, 0.4) is 0 Å². The van der Waals surface area contributed by atoms with Gasteiger partial charge in [0.2, 0.25) is 0 Å². The third kappa shape index (κ3) is 5.41. The van der Waals surface area contributed by atoms with Gasteiger partial charge in [-0.3, -0.25) is 14.2 Å². The van der Waals surface area contributed by atoms with Crippen molar-refractivity contribution in [1.29, 1.82) is 0 Å². The number of hydrogen-bond donors (Lipinski definition) is 2. The van der Waals surface area contributed by atoms with Crippen molar-refractivity contribution in [2.24, 2.45) is 14.1 Å². The quantitative estimate of drug-likeness (QED) is 0.269. The number of aliphatic hydroxyl groups is 1. The van der Waals surface area contributed by atoms with Gasteiger partial charge in [-0.15, -0.1) is 0 Å².